The van der Waals surface area contributed by atoms with Gasteiger partial charge in [-0.1, -0.05) is 0 Å². The molecule has 0 radical (unpaired) electrons. The van der Waals surface area contributed by atoms with Gasteiger partial charge in [0.1, 0.15) is 5.75 Å². The number of methoxy groups -OCH3 is 1. The molecule has 1 amide bonds. The third kappa shape index (κ3) is 5.35. The third-order valence-corrected chi connectivity index (χ3v) is 2.40. The average Bonchev–Trinajstić information content (AvgIpc) is 2.37. The summed E-state index contributed by atoms with van der Waals surface area (Å²) in [6.07, 6.45) is 0. The predicted molar refractivity (Wildman–Crippen MR) is 70.0 cm³/mol. The van der Waals surface area contributed by atoms with Crippen LogP contribution in [-0.4, -0.2) is 31.0 Å². The van der Waals surface area contributed by atoms with Crippen LogP contribution >= 0.6 is 0 Å². The van der Waals surface area contributed by atoms with Crippen molar-refractivity contribution in [2.45, 2.75) is 13.5 Å². The quantitative estimate of drug-likeness (QED) is 0.433. The fraction of sp³-hybridized carbons (Fsp3) is 0.417. The van der Waals surface area contributed by atoms with Crippen LogP contribution in [0.1, 0.15) is 12.5 Å². The number of nitrogens with zero attached hydrogens (tertiary/aromatic N) is 1. The number of benzene rings is 1. The van der Waals surface area contributed by atoms with Crippen molar-refractivity contribution in [1.29, 1.82) is 0 Å². The molecule has 104 valence electrons. The summed E-state index contributed by atoms with van der Waals surface area (Å²) in [4.78, 5) is 20.9. The maximum Gasteiger partial charge on any atom is 0.273 e. The average molecular weight is 267 g/mol. The van der Waals surface area contributed by atoms with Crippen molar-refractivity contribution in [1.82, 2.24) is 10.6 Å². The van der Waals surface area contributed by atoms with Gasteiger partial charge in [-0.05, 0) is 11.6 Å². The maximum absolute atomic E-state index is 10.8. The van der Waals surface area contributed by atoms with Gasteiger partial charge in [0.15, 0.2) is 0 Å². The number of amides is 1. The van der Waals surface area contributed by atoms with Crippen LogP contribution in [0.3, 0.4) is 0 Å². The van der Waals surface area contributed by atoms with Gasteiger partial charge in [0, 0.05) is 32.6 Å². The van der Waals surface area contributed by atoms with Gasteiger partial charge in [-0.15, -0.1) is 0 Å². The Kier molecular flexibility index (Phi) is 5.74. The van der Waals surface area contributed by atoms with E-state index in [1.165, 1.54) is 26.2 Å². The highest BCUT2D eigenvalue weighted by Crippen LogP contribution is 2.22. The summed E-state index contributed by atoms with van der Waals surface area (Å²) >= 11 is 0. The van der Waals surface area contributed by atoms with E-state index in [9.17, 15) is 14.9 Å². The number of nitro groups is 1. The first kappa shape index (κ1) is 14.9. The third-order valence-electron chi connectivity index (χ3n) is 2.40. The van der Waals surface area contributed by atoms with Gasteiger partial charge >= 0.3 is 0 Å². The fourth-order valence-corrected chi connectivity index (χ4v) is 1.53. The minimum atomic E-state index is -0.455. The van der Waals surface area contributed by atoms with E-state index in [4.69, 9.17) is 4.74 Å². The first-order valence-corrected chi connectivity index (χ1v) is 5.80. The zero-order valence-electron chi connectivity index (χ0n) is 10.9. The van der Waals surface area contributed by atoms with Gasteiger partial charge in [0.25, 0.3) is 5.69 Å². The Morgan fingerprint density at radius 1 is 1.37 bits per heavy atom. The molecule has 0 aliphatic carbocycles. The molecule has 0 aliphatic rings. The Morgan fingerprint density at radius 2 is 2.11 bits per heavy atom. The molecular formula is C12H17N3O4. The van der Waals surface area contributed by atoms with Gasteiger partial charge < -0.3 is 15.4 Å². The number of non-ortho nitro benzene ring substituents is 1. The Morgan fingerprint density at radius 3 is 2.68 bits per heavy atom. The summed E-state index contributed by atoms with van der Waals surface area (Å²) in [5, 5.41) is 16.5. The molecule has 19 heavy (non-hydrogen) atoms. The molecule has 0 heterocycles. The minimum Gasteiger partial charge on any atom is -0.496 e. The monoisotopic (exact) mass is 267 g/mol. The molecule has 0 aromatic heterocycles. The van der Waals surface area contributed by atoms with Crippen LogP contribution in [0.4, 0.5) is 5.69 Å². The Balaban J connectivity index is 2.55. The lowest BCUT2D eigenvalue weighted by molar-refractivity contribution is -0.385. The van der Waals surface area contributed by atoms with Crippen LogP contribution in [0.25, 0.3) is 0 Å². The lowest BCUT2D eigenvalue weighted by Gasteiger charge is -2.07. The van der Waals surface area contributed by atoms with E-state index in [0.29, 0.717) is 25.4 Å². The Labute approximate surface area is 111 Å². The van der Waals surface area contributed by atoms with Crippen molar-refractivity contribution in [3.05, 3.63) is 33.9 Å². The van der Waals surface area contributed by atoms with E-state index in [1.807, 2.05) is 0 Å². The molecule has 0 aliphatic heterocycles. The summed E-state index contributed by atoms with van der Waals surface area (Å²) in [6.45, 7) is 3.02. The van der Waals surface area contributed by atoms with Crippen LogP contribution < -0.4 is 15.4 Å². The van der Waals surface area contributed by atoms with Gasteiger partial charge in [0.2, 0.25) is 5.91 Å². The second-order valence-electron chi connectivity index (χ2n) is 3.96. The van der Waals surface area contributed by atoms with E-state index in [-0.39, 0.29) is 11.6 Å². The molecule has 0 fully saturated rings. The summed E-state index contributed by atoms with van der Waals surface area (Å²) < 4.78 is 5.02. The van der Waals surface area contributed by atoms with E-state index in [2.05, 4.69) is 10.6 Å². The summed E-state index contributed by atoms with van der Waals surface area (Å²) in [5.41, 5.74) is 0.756. The lowest BCUT2D eigenvalue weighted by atomic mass is 10.2. The standard InChI is InChI=1S/C12H17N3O4/c1-9(16)14-4-3-13-8-10-5-11(15(17)18)7-12(6-10)19-2/h5-7,13H,3-4,8H2,1-2H3,(H,14,16). The van der Waals surface area contributed by atoms with Crippen molar-refractivity contribution < 1.29 is 14.5 Å². The molecule has 2 N–H and O–H groups in total. The van der Waals surface area contributed by atoms with Crippen molar-refractivity contribution in [2.75, 3.05) is 20.2 Å². The molecule has 0 unspecified atom stereocenters. The SMILES string of the molecule is COc1cc(CNCCNC(C)=O)cc([N+](=O)[O-])c1. The van der Waals surface area contributed by atoms with Crippen molar-refractivity contribution in [3.63, 3.8) is 0 Å². The summed E-state index contributed by atoms with van der Waals surface area (Å²) in [5.74, 6) is 0.367. The number of hydrogen-bond acceptors (Lipinski definition) is 5. The number of hydrogen-bond donors (Lipinski definition) is 2. The van der Waals surface area contributed by atoms with E-state index < -0.39 is 4.92 Å². The highest BCUT2D eigenvalue weighted by atomic mass is 16.6. The topological polar surface area (TPSA) is 93.5 Å². The largest absolute Gasteiger partial charge is 0.496 e. The number of carbonyl (C=O) groups excluding carboxylic acids is 1. The van der Waals surface area contributed by atoms with Gasteiger partial charge in [-0.25, -0.2) is 0 Å². The van der Waals surface area contributed by atoms with Crippen LogP contribution in [0.15, 0.2) is 18.2 Å². The number of ether oxygens (including phenoxy) is 1. The number of rotatable bonds is 7. The van der Waals surface area contributed by atoms with Gasteiger partial charge in [-0.2, -0.15) is 0 Å². The Hall–Kier alpha value is -2.15. The van der Waals surface area contributed by atoms with Crippen molar-refractivity contribution in [3.8, 4) is 5.75 Å². The molecule has 7 nitrogen and oxygen atoms in total. The van der Waals surface area contributed by atoms with Crippen molar-refractivity contribution in [2.24, 2.45) is 0 Å². The summed E-state index contributed by atoms with van der Waals surface area (Å²) in [6, 6.07) is 4.60. The second kappa shape index (κ2) is 7.32. The van der Waals surface area contributed by atoms with Crippen LogP contribution in [0, 0.1) is 10.1 Å². The normalized spacial score (nSPS) is 10.0. The highest BCUT2D eigenvalue weighted by molar-refractivity contribution is 5.72. The minimum absolute atomic E-state index is 0.00184. The maximum atomic E-state index is 10.8. The first-order chi connectivity index (χ1) is 9.02. The molecule has 1 rings (SSSR count). The lowest BCUT2D eigenvalue weighted by Crippen LogP contribution is -2.29. The molecule has 0 bridgehead atoms. The van der Waals surface area contributed by atoms with Crippen LogP contribution in [0.5, 0.6) is 5.75 Å². The van der Waals surface area contributed by atoms with Crippen LogP contribution in [0.2, 0.25) is 0 Å². The molecule has 1 aromatic rings. The predicted octanol–water partition coefficient (Wildman–Crippen LogP) is 0.829. The molecule has 0 saturated heterocycles. The molecule has 0 atom stereocenters. The van der Waals surface area contributed by atoms with Crippen LogP contribution in [-0.2, 0) is 11.3 Å². The molecular weight excluding hydrogens is 250 g/mol. The molecule has 0 spiro atoms. The fourth-order valence-electron chi connectivity index (χ4n) is 1.53. The van der Waals surface area contributed by atoms with Gasteiger partial charge in [0.05, 0.1) is 18.1 Å². The van der Waals surface area contributed by atoms with E-state index >= 15 is 0 Å². The smallest absolute Gasteiger partial charge is 0.273 e. The Bertz CT molecular complexity index is 462. The second-order valence-corrected chi connectivity index (χ2v) is 3.96. The van der Waals surface area contributed by atoms with Gasteiger partial charge in [-0.3, -0.25) is 14.9 Å². The number of nitrogens with one attached hydrogen (secondary N) is 2. The highest BCUT2D eigenvalue weighted by Gasteiger charge is 2.09. The first-order valence-electron chi connectivity index (χ1n) is 5.80. The number of carbonyl (C=O) groups is 1. The summed E-state index contributed by atoms with van der Waals surface area (Å²) in [7, 11) is 1.47. The zero-order chi connectivity index (χ0) is 14.3. The van der Waals surface area contributed by atoms with Crippen molar-refractivity contribution >= 4 is 11.6 Å². The van der Waals surface area contributed by atoms with E-state index in [0.717, 1.165) is 5.56 Å². The number of nitro benzene ring substituents is 1. The zero-order valence-corrected chi connectivity index (χ0v) is 10.9. The van der Waals surface area contributed by atoms with E-state index in [1.54, 1.807) is 6.07 Å². The molecule has 7 heteroatoms. The molecule has 0 saturated carbocycles. The molecule has 1 aromatic carbocycles.